The fourth-order valence-electron chi connectivity index (χ4n) is 1.76. The van der Waals surface area contributed by atoms with Crippen molar-refractivity contribution in [2.45, 2.75) is 0 Å². The quantitative estimate of drug-likeness (QED) is 0.691. The number of rotatable bonds is 6. The van der Waals surface area contributed by atoms with Gasteiger partial charge in [0.05, 0.1) is 16.8 Å². The van der Waals surface area contributed by atoms with Crippen molar-refractivity contribution >= 4 is 35.5 Å². The van der Waals surface area contributed by atoms with Crippen LogP contribution in [-0.2, 0) is 9.59 Å². The summed E-state index contributed by atoms with van der Waals surface area (Å²) in [5.74, 6) is -2.27. The highest BCUT2D eigenvalue weighted by molar-refractivity contribution is 6.34. The second kappa shape index (κ2) is 7.98. The molecule has 3 N–H and O–H groups in total. The first kappa shape index (κ1) is 17.3. The Labute approximate surface area is 141 Å². The first-order valence-electron chi connectivity index (χ1n) is 6.78. The third kappa shape index (κ3) is 4.72. The van der Waals surface area contributed by atoms with Crippen LogP contribution < -0.4 is 10.6 Å². The Morgan fingerprint density at radius 3 is 2.54 bits per heavy atom. The summed E-state index contributed by atoms with van der Waals surface area (Å²) in [5, 5.41) is 13.4. The Morgan fingerprint density at radius 2 is 1.92 bits per heavy atom. The molecule has 1 heterocycles. The lowest BCUT2D eigenvalue weighted by molar-refractivity contribution is -0.137. The fraction of sp³-hybridized carbons (Fsp3) is 0.0625. The number of hydrogen-bond acceptors (Lipinski definition) is 4. The number of aliphatic carboxylic acids is 1. The van der Waals surface area contributed by atoms with Crippen molar-refractivity contribution in [3.63, 3.8) is 0 Å². The standard InChI is InChI=1S/C16H13ClN2O5/c17-12-6-2-1-5-11(12)15(22)19-13(8-10-4-3-7-24-10)16(23)18-9-14(20)21/h1-8H,9H2,(H,18,23)(H,19,22)(H,20,21)/b13-8+. The molecule has 2 aromatic rings. The maximum atomic E-state index is 12.3. The van der Waals surface area contributed by atoms with Gasteiger partial charge in [0, 0.05) is 6.08 Å². The van der Waals surface area contributed by atoms with Gasteiger partial charge in [-0.2, -0.15) is 0 Å². The summed E-state index contributed by atoms with van der Waals surface area (Å²) in [6.07, 6.45) is 2.68. The first-order valence-corrected chi connectivity index (χ1v) is 7.16. The van der Waals surface area contributed by atoms with Gasteiger partial charge in [0.15, 0.2) is 0 Å². The van der Waals surface area contributed by atoms with Crippen molar-refractivity contribution in [3.05, 3.63) is 64.7 Å². The normalized spacial score (nSPS) is 11.0. The highest BCUT2D eigenvalue weighted by Gasteiger charge is 2.17. The molecule has 0 aliphatic rings. The van der Waals surface area contributed by atoms with Crippen molar-refractivity contribution in [1.29, 1.82) is 0 Å². The van der Waals surface area contributed by atoms with E-state index in [2.05, 4.69) is 10.6 Å². The molecule has 0 saturated heterocycles. The van der Waals surface area contributed by atoms with Crippen molar-refractivity contribution in [2.24, 2.45) is 0 Å². The number of nitrogens with one attached hydrogen (secondary N) is 2. The number of carboxylic acids is 1. The number of furan rings is 1. The van der Waals surface area contributed by atoms with Gasteiger partial charge in [0.25, 0.3) is 11.8 Å². The van der Waals surface area contributed by atoms with E-state index in [1.54, 1.807) is 24.3 Å². The predicted octanol–water partition coefficient (Wildman–Crippen LogP) is 1.90. The van der Waals surface area contributed by atoms with E-state index in [1.165, 1.54) is 24.5 Å². The van der Waals surface area contributed by atoms with E-state index in [1.807, 2.05) is 0 Å². The summed E-state index contributed by atoms with van der Waals surface area (Å²) in [4.78, 5) is 35.0. The van der Waals surface area contributed by atoms with Crippen LogP contribution in [0.1, 0.15) is 16.1 Å². The Hall–Kier alpha value is -3.06. The molecule has 1 aromatic carbocycles. The minimum absolute atomic E-state index is 0.170. The summed E-state index contributed by atoms with van der Waals surface area (Å²) in [6.45, 7) is -0.587. The minimum Gasteiger partial charge on any atom is -0.480 e. The van der Waals surface area contributed by atoms with Gasteiger partial charge in [-0.15, -0.1) is 0 Å². The van der Waals surface area contributed by atoms with E-state index in [4.69, 9.17) is 21.1 Å². The van der Waals surface area contributed by atoms with Crippen molar-refractivity contribution in [2.75, 3.05) is 6.54 Å². The topological polar surface area (TPSA) is 109 Å². The number of carboxylic acid groups (broad SMARTS) is 1. The van der Waals surface area contributed by atoms with Crippen LogP contribution in [0.4, 0.5) is 0 Å². The van der Waals surface area contributed by atoms with Crippen molar-refractivity contribution in [1.82, 2.24) is 10.6 Å². The van der Waals surface area contributed by atoms with Gasteiger partial charge in [-0.1, -0.05) is 23.7 Å². The fourth-order valence-corrected chi connectivity index (χ4v) is 1.98. The molecule has 1 aromatic heterocycles. The molecule has 0 aliphatic carbocycles. The molecule has 2 rings (SSSR count). The maximum absolute atomic E-state index is 12.3. The number of carbonyl (C=O) groups excluding carboxylic acids is 2. The van der Waals surface area contributed by atoms with Crippen molar-refractivity contribution in [3.8, 4) is 0 Å². The Bertz CT molecular complexity index is 784. The van der Waals surface area contributed by atoms with Gasteiger partial charge >= 0.3 is 5.97 Å². The highest BCUT2D eigenvalue weighted by atomic mass is 35.5. The second-order valence-corrected chi connectivity index (χ2v) is 4.99. The largest absolute Gasteiger partial charge is 0.480 e. The number of halogens is 1. The van der Waals surface area contributed by atoms with Crippen LogP contribution in [0.2, 0.25) is 5.02 Å². The van der Waals surface area contributed by atoms with E-state index in [-0.39, 0.29) is 16.3 Å². The molecule has 8 heteroatoms. The summed E-state index contributed by atoms with van der Waals surface area (Å²) >= 11 is 5.95. The van der Waals surface area contributed by atoms with Gasteiger partial charge < -0.3 is 20.2 Å². The molecular formula is C16H13ClN2O5. The van der Waals surface area contributed by atoms with Crippen LogP contribution in [0, 0.1) is 0 Å². The first-order chi connectivity index (χ1) is 11.5. The molecule has 0 fully saturated rings. The zero-order valence-electron chi connectivity index (χ0n) is 12.3. The average Bonchev–Trinajstić information content (AvgIpc) is 3.05. The number of carbonyl (C=O) groups is 3. The Kier molecular flexibility index (Phi) is 5.75. The second-order valence-electron chi connectivity index (χ2n) is 4.58. The van der Waals surface area contributed by atoms with E-state index in [0.717, 1.165) is 0 Å². The summed E-state index contributed by atoms with van der Waals surface area (Å²) in [6, 6.07) is 9.51. The zero-order valence-corrected chi connectivity index (χ0v) is 13.0. The Morgan fingerprint density at radius 1 is 1.17 bits per heavy atom. The number of hydrogen-bond donors (Lipinski definition) is 3. The maximum Gasteiger partial charge on any atom is 0.322 e. The number of amides is 2. The van der Waals surface area contributed by atoms with E-state index in [0.29, 0.717) is 5.76 Å². The monoisotopic (exact) mass is 348 g/mol. The summed E-state index contributed by atoms with van der Waals surface area (Å²) < 4.78 is 5.10. The SMILES string of the molecule is O=C(O)CNC(=O)/C(=C\c1ccco1)NC(=O)c1ccccc1Cl. The molecule has 2 amide bonds. The molecule has 0 unspecified atom stereocenters. The lowest BCUT2D eigenvalue weighted by atomic mass is 10.2. The van der Waals surface area contributed by atoms with Crippen LogP contribution in [0.3, 0.4) is 0 Å². The molecule has 0 radical (unpaired) electrons. The molecule has 0 bridgehead atoms. The smallest absolute Gasteiger partial charge is 0.322 e. The van der Waals surface area contributed by atoms with E-state index < -0.39 is 24.3 Å². The van der Waals surface area contributed by atoms with Gasteiger partial charge in [-0.05, 0) is 24.3 Å². The van der Waals surface area contributed by atoms with Gasteiger partial charge in [-0.3, -0.25) is 14.4 Å². The molecule has 0 saturated carbocycles. The van der Waals surface area contributed by atoms with Crippen molar-refractivity contribution < 1.29 is 23.9 Å². The van der Waals surface area contributed by atoms with Crippen LogP contribution in [0.5, 0.6) is 0 Å². The van der Waals surface area contributed by atoms with Crippen LogP contribution >= 0.6 is 11.6 Å². The average molecular weight is 349 g/mol. The van der Waals surface area contributed by atoms with Crippen LogP contribution in [-0.4, -0.2) is 29.4 Å². The predicted molar refractivity (Wildman–Crippen MR) is 86.2 cm³/mol. The van der Waals surface area contributed by atoms with Gasteiger partial charge in [0.1, 0.15) is 18.0 Å². The lowest BCUT2D eigenvalue weighted by Crippen LogP contribution is -2.37. The van der Waals surface area contributed by atoms with E-state index in [9.17, 15) is 14.4 Å². The molecule has 0 aliphatic heterocycles. The molecular weight excluding hydrogens is 336 g/mol. The third-order valence-corrected chi connectivity index (χ3v) is 3.17. The molecule has 24 heavy (non-hydrogen) atoms. The molecule has 0 atom stereocenters. The zero-order chi connectivity index (χ0) is 17.5. The van der Waals surface area contributed by atoms with Crippen LogP contribution in [0.25, 0.3) is 6.08 Å². The molecule has 124 valence electrons. The lowest BCUT2D eigenvalue weighted by Gasteiger charge is -2.10. The summed E-state index contributed by atoms with van der Waals surface area (Å²) in [7, 11) is 0. The highest BCUT2D eigenvalue weighted by Crippen LogP contribution is 2.15. The number of benzene rings is 1. The van der Waals surface area contributed by atoms with Gasteiger partial charge in [0.2, 0.25) is 0 Å². The third-order valence-electron chi connectivity index (χ3n) is 2.84. The molecule has 0 spiro atoms. The van der Waals surface area contributed by atoms with Gasteiger partial charge in [-0.25, -0.2) is 0 Å². The molecule has 7 nitrogen and oxygen atoms in total. The van der Waals surface area contributed by atoms with E-state index >= 15 is 0 Å². The minimum atomic E-state index is -1.21. The van der Waals surface area contributed by atoms with Crippen LogP contribution in [0.15, 0.2) is 52.8 Å². The summed E-state index contributed by atoms with van der Waals surface area (Å²) in [5.41, 5.74) is 0.00617. The Balaban J connectivity index is 2.23.